The van der Waals surface area contributed by atoms with E-state index < -0.39 is 22.5 Å². The van der Waals surface area contributed by atoms with Crippen LogP contribution in [0.1, 0.15) is 5.56 Å². The molecule has 7 nitrogen and oxygen atoms in total. The summed E-state index contributed by atoms with van der Waals surface area (Å²) in [7, 11) is -1.21. The van der Waals surface area contributed by atoms with Crippen LogP contribution in [0, 0.1) is 6.92 Å². The Morgan fingerprint density at radius 3 is 2.24 bits per heavy atom. The van der Waals surface area contributed by atoms with Gasteiger partial charge in [0.15, 0.2) is 0 Å². The van der Waals surface area contributed by atoms with Crippen LogP contribution in [0.25, 0.3) is 0 Å². The lowest BCUT2D eigenvalue weighted by atomic mass is 10.2. The summed E-state index contributed by atoms with van der Waals surface area (Å²) in [5.74, 6) is 0.0225. The first-order chi connectivity index (χ1) is 15.7. The molecule has 0 fully saturated rings. The zero-order valence-electron chi connectivity index (χ0n) is 18.1. The highest BCUT2D eigenvalue weighted by atomic mass is 35.5. The number of halogens is 2. The van der Waals surface area contributed by atoms with Gasteiger partial charge in [-0.25, -0.2) is 8.42 Å². The van der Waals surface area contributed by atoms with Gasteiger partial charge in [-0.2, -0.15) is 0 Å². The van der Waals surface area contributed by atoms with Crippen LogP contribution < -0.4 is 19.1 Å². The SMILES string of the molecule is COc1cc(NC(=O)CN(c2cccc(Cl)c2C)S(=O)(=O)c2ccccc2)c(OC)cc1Cl. The van der Waals surface area contributed by atoms with E-state index in [1.807, 2.05) is 0 Å². The monoisotopic (exact) mass is 508 g/mol. The fourth-order valence-electron chi connectivity index (χ4n) is 3.16. The normalized spacial score (nSPS) is 11.1. The van der Waals surface area contributed by atoms with Crippen LogP contribution in [0.4, 0.5) is 11.4 Å². The molecule has 33 heavy (non-hydrogen) atoms. The molecule has 0 aliphatic rings. The summed E-state index contributed by atoms with van der Waals surface area (Å²) in [6.07, 6.45) is 0. The van der Waals surface area contributed by atoms with Crippen molar-refractivity contribution < 1.29 is 22.7 Å². The minimum absolute atomic E-state index is 0.0444. The first kappa shape index (κ1) is 24.7. The molecule has 0 saturated carbocycles. The zero-order valence-corrected chi connectivity index (χ0v) is 20.5. The predicted octanol–water partition coefficient (Wildman–Crippen LogP) is 5.15. The molecule has 0 aliphatic carbocycles. The zero-order chi connectivity index (χ0) is 24.2. The predicted molar refractivity (Wildman–Crippen MR) is 130 cm³/mol. The number of amides is 1. The van der Waals surface area contributed by atoms with E-state index in [0.29, 0.717) is 32.8 Å². The summed E-state index contributed by atoms with van der Waals surface area (Å²) < 4.78 is 38.5. The van der Waals surface area contributed by atoms with Crippen LogP contribution in [0.15, 0.2) is 65.6 Å². The van der Waals surface area contributed by atoms with E-state index in [4.69, 9.17) is 32.7 Å². The largest absolute Gasteiger partial charge is 0.495 e. The van der Waals surface area contributed by atoms with Crippen molar-refractivity contribution in [3.63, 3.8) is 0 Å². The topological polar surface area (TPSA) is 84.9 Å². The molecule has 0 atom stereocenters. The average Bonchev–Trinajstić information content (AvgIpc) is 2.80. The van der Waals surface area contributed by atoms with Crippen LogP contribution in [-0.2, 0) is 14.8 Å². The molecule has 0 unspecified atom stereocenters. The Balaban J connectivity index is 2.01. The molecule has 0 saturated heterocycles. The molecule has 3 aromatic rings. The fraction of sp³-hybridized carbons (Fsp3) is 0.174. The maximum absolute atomic E-state index is 13.5. The van der Waals surface area contributed by atoms with Gasteiger partial charge in [0.1, 0.15) is 18.0 Å². The Kier molecular flexibility index (Phi) is 7.73. The van der Waals surface area contributed by atoms with Crippen molar-refractivity contribution in [1.82, 2.24) is 0 Å². The summed E-state index contributed by atoms with van der Waals surface area (Å²) in [5.41, 5.74) is 1.10. The molecule has 1 amide bonds. The lowest BCUT2D eigenvalue weighted by molar-refractivity contribution is -0.114. The van der Waals surface area contributed by atoms with Crippen molar-refractivity contribution in [2.75, 3.05) is 30.4 Å². The highest BCUT2D eigenvalue weighted by molar-refractivity contribution is 7.92. The number of anilines is 2. The van der Waals surface area contributed by atoms with E-state index >= 15 is 0 Å². The van der Waals surface area contributed by atoms with Gasteiger partial charge in [-0.1, -0.05) is 47.5 Å². The highest BCUT2D eigenvalue weighted by Crippen LogP contribution is 2.36. The Morgan fingerprint density at radius 2 is 1.61 bits per heavy atom. The number of methoxy groups -OCH3 is 2. The first-order valence-electron chi connectivity index (χ1n) is 9.73. The second-order valence-corrected chi connectivity index (χ2v) is 9.62. The summed E-state index contributed by atoms with van der Waals surface area (Å²) >= 11 is 12.4. The highest BCUT2D eigenvalue weighted by Gasteiger charge is 2.29. The number of hydrogen-bond acceptors (Lipinski definition) is 5. The van der Waals surface area contributed by atoms with E-state index in [1.54, 1.807) is 43.3 Å². The lowest BCUT2D eigenvalue weighted by Crippen LogP contribution is -2.38. The smallest absolute Gasteiger partial charge is 0.264 e. The number of carbonyl (C=O) groups is 1. The molecule has 174 valence electrons. The number of benzene rings is 3. The molecule has 0 bridgehead atoms. The summed E-state index contributed by atoms with van der Waals surface area (Å²) in [6, 6.07) is 15.7. The second-order valence-electron chi connectivity index (χ2n) is 6.94. The maximum Gasteiger partial charge on any atom is 0.264 e. The van der Waals surface area contributed by atoms with E-state index in [2.05, 4.69) is 5.32 Å². The molecule has 10 heteroatoms. The van der Waals surface area contributed by atoms with Gasteiger partial charge < -0.3 is 14.8 Å². The van der Waals surface area contributed by atoms with Crippen LogP contribution in [0.5, 0.6) is 11.5 Å². The maximum atomic E-state index is 13.5. The van der Waals surface area contributed by atoms with E-state index in [9.17, 15) is 13.2 Å². The summed E-state index contributed by atoms with van der Waals surface area (Å²) in [5, 5.41) is 3.36. The molecule has 0 heterocycles. The van der Waals surface area contributed by atoms with Gasteiger partial charge in [0, 0.05) is 17.2 Å². The standard InChI is InChI=1S/C23H22Cl2N2O5S/c1-15-17(24)10-7-11-20(15)27(33(29,30)16-8-5-4-6-9-16)14-23(28)26-19-13-21(31-2)18(25)12-22(19)32-3/h4-13H,14H2,1-3H3,(H,26,28). The molecule has 3 aromatic carbocycles. The van der Waals surface area contributed by atoms with Gasteiger partial charge in [-0.15, -0.1) is 0 Å². The Bertz CT molecular complexity index is 1270. The third-order valence-electron chi connectivity index (χ3n) is 4.87. The molecular formula is C23H22Cl2N2O5S. The number of carbonyl (C=O) groups excluding carboxylic acids is 1. The number of nitrogens with zero attached hydrogens (tertiary/aromatic N) is 1. The van der Waals surface area contributed by atoms with Crippen molar-refractivity contribution in [3.8, 4) is 11.5 Å². The molecule has 0 spiro atoms. The van der Waals surface area contributed by atoms with Gasteiger partial charge >= 0.3 is 0 Å². The van der Waals surface area contributed by atoms with Crippen molar-refractivity contribution in [1.29, 1.82) is 0 Å². The third kappa shape index (κ3) is 5.35. The number of ether oxygens (including phenoxy) is 2. The Labute approximate surface area is 202 Å². The summed E-state index contributed by atoms with van der Waals surface area (Å²) in [6.45, 7) is 1.18. The van der Waals surface area contributed by atoms with Gasteiger partial charge in [0.2, 0.25) is 5.91 Å². The Hall–Kier alpha value is -2.94. The second kappa shape index (κ2) is 10.3. The number of hydrogen-bond donors (Lipinski definition) is 1. The minimum atomic E-state index is -4.08. The molecular weight excluding hydrogens is 487 g/mol. The van der Waals surface area contributed by atoms with Crippen LogP contribution in [-0.4, -0.2) is 35.1 Å². The van der Waals surface area contributed by atoms with Gasteiger partial charge in [-0.3, -0.25) is 9.10 Å². The molecule has 0 aliphatic heterocycles. The molecule has 1 N–H and O–H groups in total. The molecule has 0 aromatic heterocycles. The van der Waals surface area contributed by atoms with Gasteiger partial charge in [0.05, 0.1) is 35.5 Å². The van der Waals surface area contributed by atoms with Crippen molar-refractivity contribution >= 4 is 50.5 Å². The number of sulfonamides is 1. The third-order valence-corrected chi connectivity index (χ3v) is 7.35. The summed E-state index contributed by atoms with van der Waals surface area (Å²) in [4.78, 5) is 13.1. The number of rotatable bonds is 8. The van der Waals surface area contributed by atoms with E-state index in [-0.39, 0.29) is 10.6 Å². The van der Waals surface area contributed by atoms with Crippen molar-refractivity contribution in [3.05, 3.63) is 76.3 Å². The fourth-order valence-corrected chi connectivity index (χ4v) is 5.06. The van der Waals surface area contributed by atoms with Crippen molar-refractivity contribution in [2.45, 2.75) is 11.8 Å². The lowest BCUT2D eigenvalue weighted by Gasteiger charge is -2.26. The Morgan fingerprint density at radius 1 is 0.939 bits per heavy atom. The van der Waals surface area contributed by atoms with Gasteiger partial charge in [0.25, 0.3) is 10.0 Å². The minimum Gasteiger partial charge on any atom is -0.495 e. The van der Waals surface area contributed by atoms with Crippen molar-refractivity contribution in [2.24, 2.45) is 0 Å². The van der Waals surface area contributed by atoms with Gasteiger partial charge in [-0.05, 0) is 36.8 Å². The average molecular weight is 509 g/mol. The molecule has 3 rings (SSSR count). The quantitative estimate of drug-likeness (QED) is 0.454. The first-order valence-corrected chi connectivity index (χ1v) is 11.9. The van der Waals surface area contributed by atoms with E-state index in [1.165, 1.54) is 38.5 Å². The van der Waals surface area contributed by atoms with Crippen LogP contribution >= 0.6 is 23.2 Å². The van der Waals surface area contributed by atoms with E-state index in [0.717, 1.165) is 4.31 Å². The molecule has 0 radical (unpaired) electrons. The van der Waals surface area contributed by atoms with Crippen LogP contribution in [0.3, 0.4) is 0 Å². The van der Waals surface area contributed by atoms with Crippen LogP contribution in [0.2, 0.25) is 10.0 Å². The number of nitrogens with one attached hydrogen (secondary N) is 1.